The molecule has 7 nitrogen and oxygen atoms in total. The number of aryl methyl sites for hydroxylation is 1. The molecular weight excluding hydrogens is 811 g/mol. The van der Waals surface area contributed by atoms with Crippen LogP contribution in [0.15, 0.2) is 198 Å². The van der Waals surface area contributed by atoms with Crippen LogP contribution in [-0.2, 0) is 25.4 Å². The van der Waals surface area contributed by atoms with Gasteiger partial charge in [-0.15, -0.1) is 0 Å². The van der Waals surface area contributed by atoms with Crippen molar-refractivity contribution in [3.8, 4) is 0 Å². The predicted octanol–water partition coefficient (Wildman–Crippen LogP) is 8.93. The van der Waals surface area contributed by atoms with Crippen LogP contribution in [0.3, 0.4) is 0 Å². The lowest BCUT2D eigenvalue weighted by Gasteiger charge is -2.41. The van der Waals surface area contributed by atoms with E-state index in [1.807, 2.05) is 109 Å². The molecule has 1 aromatic heterocycles. The van der Waals surface area contributed by atoms with Crippen LogP contribution in [-0.4, -0.2) is 32.3 Å². The van der Waals surface area contributed by atoms with Crippen molar-refractivity contribution in [2.45, 2.75) is 40.5 Å². The average Bonchev–Trinajstić information content (AvgIpc) is 3.56. The minimum Gasteiger partial charge on any atom is -0.358 e. The van der Waals surface area contributed by atoms with E-state index in [4.69, 9.17) is 14.2 Å². The molecule has 0 saturated carbocycles. The van der Waals surface area contributed by atoms with Crippen LogP contribution in [0, 0.1) is 6.92 Å². The standard InChI is InChI=1S/C48H41IN2O5/c1-34-32-51(46(53)50-44(34)52)45-42(49)43(56-48(38-26-14-5-15-27-38,39-28-16-6-17-29-39)40-30-18-7-19-31-40)41(55-45)33-54-47(35-20-8-2-9-21-35,36-22-10-3-11-23-36)37-24-12-4-13-25-37/h2-32,41-43,45H,33H2,1H3,(H,50,52,53)/t41-,42-,43-,45-/m1/s1. The van der Waals surface area contributed by atoms with Crippen molar-refractivity contribution in [2.75, 3.05) is 6.61 Å². The first kappa shape index (κ1) is 37.5. The minimum atomic E-state index is -1.09. The molecule has 0 spiro atoms. The molecule has 280 valence electrons. The number of benzene rings is 6. The number of ether oxygens (including phenoxy) is 3. The Morgan fingerprint density at radius 3 is 1.32 bits per heavy atom. The van der Waals surface area contributed by atoms with Crippen LogP contribution in [0.1, 0.15) is 45.2 Å². The third-order valence-corrected chi connectivity index (χ3v) is 11.9. The highest BCUT2D eigenvalue weighted by Gasteiger charge is 2.52. The largest absolute Gasteiger partial charge is 0.358 e. The summed E-state index contributed by atoms with van der Waals surface area (Å²) >= 11 is 2.35. The number of hydrogen-bond acceptors (Lipinski definition) is 5. The second-order valence-corrected chi connectivity index (χ2v) is 15.4. The highest BCUT2D eigenvalue weighted by molar-refractivity contribution is 14.1. The molecular formula is C48H41IN2O5. The van der Waals surface area contributed by atoms with Crippen LogP contribution >= 0.6 is 22.6 Å². The molecule has 56 heavy (non-hydrogen) atoms. The maximum atomic E-state index is 13.5. The highest BCUT2D eigenvalue weighted by atomic mass is 127. The lowest BCUT2D eigenvalue weighted by molar-refractivity contribution is -0.126. The van der Waals surface area contributed by atoms with Crippen molar-refractivity contribution in [1.82, 2.24) is 9.55 Å². The van der Waals surface area contributed by atoms with Gasteiger partial charge < -0.3 is 14.2 Å². The van der Waals surface area contributed by atoms with Gasteiger partial charge in [0, 0.05) is 11.8 Å². The zero-order valence-electron chi connectivity index (χ0n) is 30.8. The second kappa shape index (κ2) is 16.4. The van der Waals surface area contributed by atoms with E-state index >= 15 is 0 Å². The van der Waals surface area contributed by atoms with Gasteiger partial charge in [0.05, 0.1) is 10.5 Å². The zero-order valence-corrected chi connectivity index (χ0v) is 32.9. The van der Waals surface area contributed by atoms with E-state index in [0.717, 1.165) is 33.4 Å². The first-order chi connectivity index (χ1) is 27.4. The molecule has 6 aromatic carbocycles. The molecule has 8 heteroatoms. The molecule has 1 aliphatic rings. The molecule has 0 amide bonds. The van der Waals surface area contributed by atoms with Crippen molar-refractivity contribution >= 4 is 22.6 Å². The van der Waals surface area contributed by atoms with Gasteiger partial charge in [-0.2, -0.15) is 0 Å². The van der Waals surface area contributed by atoms with Crippen molar-refractivity contribution < 1.29 is 14.2 Å². The summed E-state index contributed by atoms with van der Waals surface area (Å²) in [5.41, 5.74) is 2.97. The van der Waals surface area contributed by atoms with E-state index in [9.17, 15) is 9.59 Å². The van der Waals surface area contributed by atoms with Gasteiger partial charge in [-0.05, 0) is 40.3 Å². The third kappa shape index (κ3) is 6.98. The van der Waals surface area contributed by atoms with Crippen LogP contribution in [0.4, 0.5) is 0 Å². The quantitative estimate of drug-likeness (QED) is 0.0755. The Bertz CT molecular complexity index is 2270. The number of nitrogens with one attached hydrogen (secondary N) is 1. The minimum absolute atomic E-state index is 0.0882. The number of halogens is 1. The van der Waals surface area contributed by atoms with Crippen LogP contribution in [0.2, 0.25) is 0 Å². The molecule has 4 atom stereocenters. The zero-order chi connectivity index (χ0) is 38.5. The summed E-state index contributed by atoms with van der Waals surface area (Å²) in [5.74, 6) is 0. The van der Waals surface area contributed by atoms with E-state index < -0.39 is 44.8 Å². The lowest BCUT2D eigenvalue weighted by atomic mass is 9.79. The van der Waals surface area contributed by atoms with Gasteiger partial charge in [0.15, 0.2) is 6.23 Å². The Morgan fingerprint density at radius 2 is 0.946 bits per heavy atom. The Morgan fingerprint density at radius 1 is 0.589 bits per heavy atom. The van der Waals surface area contributed by atoms with Crippen molar-refractivity contribution in [1.29, 1.82) is 0 Å². The molecule has 0 unspecified atom stereocenters. The molecule has 0 bridgehead atoms. The molecule has 2 heterocycles. The van der Waals surface area contributed by atoms with E-state index in [1.54, 1.807) is 13.1 Å². The molecule has 7 aromatic rings. The summed E-state index contributed by atoms with van der Waals surface area (Å²) < 4.78 is 23.1. The summed E-state index contributed by atoms with van der Waals surface area (Å²) in [4.78, 5) is 28.5. The van der Waals surface area contributed by atoms with Crippen LogP contribution in [0.25, 0.3) is 0 Å². The summed E-state index contributed by atoms with van der Waals surface area (Å²) in [6.45, 7) is 1.77. The number of H-pyrrole nitrogens is 1. The fourth-order valence-electron chi connectivity index (χ4n) is 7.87. The first-order valence-electron chi connectivity index (χ1n) is 18.7. The van der Waals surface area contributed by atoms with Crippen molar-refractivity contribution in [3.05, 3.63) is 248 Å². The number of nitrogens with zero attached hydrogens (tertiary/aromatic N) is 1. The van der Waals surface area contributed by atoms with Gasteiger partial charge in [-0.3, -0.25) is 14.3 Å². The van der Waals surface area contributed by atoms with Gasteiger partial charge >= 0.3 is 5.69 Å². The maximum Gasteiger partial charge on any atom is 0.330 e. The van der Waals surface area contributed by atoms with E-state index in [1.165, 1.54) is 4.57 Å². The van der Waals surface area contributed by atoms with E-state index in [2.05, 4.69) is 100 Å². The molecule has 1 N–H and O–H groups in total. The summed E-state index contributed by atoms with van der Waals surface area (Å²) in [6, 6.07) is 61.3. The maximum absolute atomic E-state index is 13.5. The number of aromatic nitrogens is 2. The molecule has 0 radical (unpaired) electrons. The number of aromatic amines is 1. The number of hydrogen-bond donors (Lipinski definition) is 1. The Labute approximate surface area is 339 Å². The topological polar surface area (TPSA) is 82.6 Å². The number of alkyl halides is 1. The molecule has 1 aliphatic heterocycles. The molecule has 8 rings (SSSR count). The van der Waals surface area contributed by atoms with Crippen molar-refractivity contribution in [2.24, 2.45) is 0 Å². The number of rotatable bonds is 12. The smallest absolute Gasteiger partial charge is 0.330 e. The van der Waals surface area contributed by atoms with Gasteiger partial charge in [-0.25, -0.2) is 4.79 Å². The van der Waals surface area contributed by atoms with E-state index in [0.29, 0.717) is 5.56 Å². The first-order valence-corrected chi connectivity index (χ1v) is 19.9. The van der Waals surface area contributed by atoms with Gasteiger partial charge in [-0.1, -0.05) is 205 Å². The Balaban J connectivity index is 1.30. The van der Waals surface area contributed by atoms with Gasteiger partial charge in [0.1, 0.15) is 23.4 Å². The van der Waals surface area contributed by atoms with Gasteiger partial charge in [0.2, 0.25) is 0 Å². The van der Waals surface area contributed by atoms with Crippen LogP contribution in [0.5, 0.6) is 0 Å². The fourth-order valence-corrected chi connectivity index (χ4v) is 9.00. The average molecular weight is 853 g/mol. The van der Waals surface area contributed by atoms with E-state index in [-0.39, 0.29) is 6.61 Å². The lowest BCUT2D eigenvalue weighted by Crippen LogP contribution is -2.45. The summed E-state index contributed by atoms with van der Waals surface area (Å²) in [7, 11) is 0. The highest BCUT2D eigenvalue weighted by Crippen LogP contribution is 2.48. The summed E-state index contributed by atoms with van der Waals surface area (Å²) in [6.07, 6.45) is -0.553. The fraction of sp³-hybridized carbons (Fsp3) is 0.167. The Hall–Kier alpha value is -5.39. The predicted molar refractivity (Wildman–Crippen MR) is 227 cm³/mol. The SMILES string of the molecule is Cc1cn([C@@H]2O[C@H](COC(c3ccccc3)(c3ccccc3)c3ccccc3)[C@@H](OC(c3ccccc3)(c3ccccc3)c3ccccc3)[C@H]2I)c(=O)[nH]c1=O. The third-order valence-electron chi connectivity index (χ3n) is 10.5. The normalized spacial score (nSPS) is 18.5. The van der Waals surface area contributed by atoms with Crippen LogP contribution < -0.4 is 11.2 Å². The summed E-state index contributed by atoms with van der Waals surface area (Å²) in [5, 5.41) is 0. The Kier molecular flexibility index (Phi) is 11.0. The second-order valence-electron chi connectivity index (χ2n) is 13.9. The van der Waals surface area contributed by atoms with Crippen molar-refractivity contribution in [3.63, 3.8) is 0 Å². The van der Waals surface area contributed by atoms with Gasteiger partial charge in [0.25, 0.3) is 5.56 Å². The monoisotopic (exact) mass is 852 g/mol. The molecule has 0 aliphatic carbocycles. The molecule has 1 saturated heterocycles. The molecule has 1 fully saturated rings.